The number of rotatable bonds is 5. The Bertz CT molecular complexity index is 737. The van der Waals surface area contributed by atoms with E-state index in [1.54, 1.807) is 0 Å². The highest BCUT2D eigenvalue weighted by atomic mass is 14.9. The molecule has 0 aliphatic rings. The number of pyridine rings is 1. The molecule has 23 heavy (non-hydrogen) atoms. The normalized spacial score (nSPS) is 12.1. The number of hydrogen-bond donors (Lipinski definition) is 1. The summed E-state index contributed by atoms with van der Waals surface area (Å²) >= 11 is 0. The molecule has 0 spiro atoms. The molecule has 0 aliphatic carbocycles. The molecule has 1 atom stereocenters. The first kappa shape index (κ1) is 15.3. The van der Waals surface area contributed by atoms with Crippen LogP contribution in [0.5, 0.6) is 0 Å². The van der Waals surface area contributed by atoms with E-state index in [-0.39, 0.29) is 6.04 Å². The van der Waals surface area contributed by atoms with Crippen LogP contribution in [-0.2, 0) is 6.54 Å². The summed E-state index contributed by atoms with van der Waals surface area (Å²) in [6, 6.07) is 14.3. The summed E-state index contributed by atoms with van der Waals surface area (Å²) < 4.78 is 0. The fourth-order valence-corrected chi connectivity index (χ4v) is 2.29. The number of benzene rings is 1. The lowest BCUT2D eigenvalue weighted by molar-refractivity contribution is 0.559. The third-order valence-corrected chi connectivity index (χ3v) is 3.73. The molecule has 0 aliphatic heterocycles. The summed E-state index contributed by atoms with van der Waals surface area (Å²) in [5.41, 5.74) is 4.30. The molecule has 0 fully saturated rings. The van der Waals surface area contributed by atoms with E-state index in [0.717, 1.165) is 22.6 Å². The lowest BCUT2D eigenvalue weighted by atomic mass is 10.2. The van der Waals surface area contributed by atoms with Gasteiger partial charge in [0.25, 0.3) is 0 Å². The summed E-state index contributed by atoms with van der Waals surface area (Å²) in [7, 11) is 0. The topological polar surface area (TPSA) is 50.7 Å². The monoisotopic (exact) mass is 304 g/mol. The van der Waals surface area contributed by atoms with E-state index in [1.807, 2.05) is 55.8 Å². The minimum Gasteiger partial charge on any atom is -0.305 e. The maximum atomic E-state index is 4.45. The fraction of sp³-hybridized carbons (Fsp3) is 0.211. The molecule has 0 bridgehead atoms. The molecule has 3 rings (SSSR count). The predicted octanol–water partition coefficient (Wildman–Crippen LogP) is 3.70. The van der Waals surface area contributed by atoms with Crippen molar-refractivity contribution >= 4 is 0 Å². The zero-order valence-electron chi connectivity index (χ0n) is 13.4. The molecule has 0 saturated heterocycles. The van der Waals surface area contributed by atoms with Crippen LogP contribution in [0.3, 0.4) is 0 Å². The maximum Gasteiger partial charge on any atom is 0.159 e. The van der Waals surface area contributed by atoms with Crippen molar-refractivity contribution in [2.24, 2.45) is 0 Å². The molecule has 4 nitrogen and oxygen atoms in total. The fourth-order valence-electron chi connectivity index (χ4n) is 2.29. The minimum atomic E-state index is 0.185. The SMILES string of the molecule is Cc1ccc(C(C)NCc2cnc(-c3ccccc3)nc2)nc1. The van der Waals surface area contributed by atoms with Crippen LogP contribution in [0, 0.1) is 6.92 Å². The standard InChI is InChI=1S/C19H20N4/c1-14-8-9-18(21-10-14)15(2)20-11-16-12-22-19(23-13-16)17-6-4-3-5-7-17/h3-10,12-13,15,20H,11H2,1-2H3. The first-order valence-electron chi connectivity index (χ1n) is 7.74. The van der Waals surface area contributed by atoms with Gasteiger partial charge in [-0.1, -0.05) is 36.4 Å². The first-order valence-corrected chi connectivity index (χ1v) is 7.74. The van der Waals surface area contributed by atoms with Crippen LogP contribution in [-0.4, -0.2) is 15.0 Å². The van der Waals surface area contributed by atoms with Crippen LogP contribution in [0.1, 0.15) is 29.8 Å². The van der Waals surface area contributed by atoms with Crippen molar-refractivity contribution in [1.82, 2.24) is 20.3 Å². The predicted molar refractivity (Wildman–Crippen MR) is 91.7 cm³/mol. The summed E-state index contributed by atoms with van der Waals surface area (Å²) in [5, 5.41) is 3.45. The summed E-state index contributed by atoms with van der Waals surface area (Å²) in [4.78, 5) is 13.3. The van der Waals surface area contributed by atoms with Crippen LogP contribution in [0.2, 0.25) is 0 Å². The smallest absolute Gasteiger partial charge is 0.159 e. The van der Waals surface area contributed by atoms with Gasteiger partial charge in [-0.05, 0) is 25.5 Å². The van der Waals surface area contributed by atoms with Crippen molar-refractivity contribution in [1.29, 1.82) is 0 Å². The van der Waals surface area contributed by atoms with Gasteiger partial charge in [-0.25, -0.2) is 9.97 Å². The molecule has 1 aromatic carbocycles. The van der Waals surface area contributed by atoms with E-state index in [9.17, 15) is 0 Å². The van der Waals surface area contributed by atoms with E-state index in [4.69, 9.17) is 0 Å². The van der Waals surface area contributed by atoms with E-state index in [2.05, 4.69) is 39.3 Å². The van der Waals surface area contributed by atoms with Gasteiger partial charge in [-0.3, -0.25) is 4.98 Å². The first-order chi connectivity index (χ1) is 11.2. The van der Waals surface area contributed by atoms with Gasteiger partial charge in [0, 0.05) is 42.3 Å². The third-order valence-electron chi connectivity index (χ3n) is 3.73. The molecule has 1 unspecified atom stereocenters. The second-order valence-corrected chi connectivity index (χ2v) is 5.64. The molecule has 0 amide bonds. The second-order valence-electron chi connectivity index (χ2n) is 5.64. The number of nitrogens with zero attached hydrogens (tertiary/aromatic N) is 3. The highest BCUT2D eigenvalue weighted by molar-refractivity contribution is 5.53. The zero-order chi connectivity index (χ0) is 16.1. The lowest BCUT2D eigenvalue weighted by Crippen LogP contribution is -2.19. The molecule has 4 heteroatoms. The van der Waals surface area contributed by atoms with Crippen molar-refractivity contribution in [3.05, 3.63) is 77.9 Å². The molecule has 2 aromatic heterocycles. The van der Waals surface area contributed by atoms with Gasteiger partial charge in [0.1, 0.15) is 0 Å². The average Bonchev–Trinajstić information content (AvgIpc) is 2.61. The van der Waals surface area contributed by atoms with Gasteiger partial charge in [0.2, 0.25) is 0 Å². The summed E-state index contributed by atoms with van der Waals surface area (Å²) in [5.74, 6) is 0.752. The Kier molecular flexibility index (Phi) is 4.74. The van der Waals surface area contributed by atoms with E-state index in [0.29, 0.717) is 6.54 Å². The van der Waals surface area contributed by atoms with E-state index in [1.165, 1.54) is 5.56 Å². The highest BCUT2D eigenvalue weighted by Gasteiger charge is 2.07. The molecule has 1 N–H and O–H groups in total. The van der Waals surface area contributed by atoms with Crippen molar-refractivity contribution in [3.63, 3.8) is 0 Å². The van der Waals surface area contributed by atoms with Crippen LogP contribution >= 0.6 is 0 Å². The van der Waals surface area contributed by atoms with E-state index < -0.39 is 0 Å². The summed E-state index contributed by atoms with van der Waals surface area (Å²) in [6.07, 6.45) is 5.64. The third kappa shape index (κ3) is 3.99. The van der Waals surface area contributed by atoms with Gasteiger partial charge in [-0.15, -0.1) is 0 Å². The Hall–Kier alpha value is -2.59. The van der Waals surface area contributed by atoms with Crippen molar-refractivity contribution < 1.29 is 0 Å². The quantitative estimate of drug-likeness (QED) is 0.781. The van der Waals surface area contributed by atoms with Gasteiger partial charge < -0.3 is 5.32 Å². The molecule has 0 saturated carbocycles. The Labute approximate surface area is 136 Å². The molecular formula is C19H20N4. The second kappa shape index (κ2) is 7.11. The lowest BCUT2D eigenvalue weighted by Gasteiger charge is -2.13. The van der Waals surface area contributed by atoms with Gasteiger partial charge in [0.05, 0.1) is 5.69 Å². The maximum absolute atomic E-state index is 4.45. The van der Waals surface area contributed by atoms with Crippen LogP contribution in [0.4, 0.5) is 0 Å². The molecule has 116 valence electrons. The van der Waals surface area contributed by atoms with Crippen molar-refractivity contribution in [2.75, 3.05) is 0 Å². The Balaban J connectivity index is 1.61. The largest absolute Gasteiger partial charge is 0.305 e. The number of aryl methyl sites for hydroxylation is 1. The molecule has 0 radical (unpaired) electrons. The van der Waals surface area contributed by atoms with Gasteiger partial charge >= 0.3 is 0 Å². The van der Waals surface area contributed by atoms with Gasteiger partial charge in [0.15, 0.2) is 5.82 Å². The van der Waals surface area contributed by atoms with Crippen LogP contribution in [0.15, 0.2) is 61.1 Å². The van der Waals surface area contributed by atoms with Crippen molar-refractivity contribution in [3.8, 4) is 11.4 Å². The van der Waals surface area contributed by atoms with Crippen LogP contribution in [0.25, 0.3) is 11.4 Å². The average molecular weight is 304 g/mol. The Morgan fingerprint density at radius 2 is 1.65 bits per heavy atom. The number of nitrogens with one attached hydrogen (secondary N) is 1. The molecular weight excluding hydrogens is 284 g/mol. The summed E-state index contributed by atoms with van der Waals surface area (Å²) in [6.45, 7) is 4.86. The van der Waals surface area contributed by atoms with Crippen molar-refractivity contribution in [2.45, 2.75) is 26.4 Å². The Morgan fingerprint density at radius 1 is 0.913 bits per heavy atom. The molecule has 2 heterocycles. The van der Waals surface area contributed by atoms with Gasteiger partial charge in [-0.2, -0.15) is 0 Å². The number of aromatic nitrogens is 3. The highest BCUT2D eigenvalue weighted by Crippen LogP contribution is 2.14. The van der Waals surface area contributed by atoms with E-state index >= 15 is 0 Å². The molecule has 3 aromatic rings. The van der Waals surface area contributed by atoms with Crippen LogP contribution < -0.4 is 5.32 Å². The Morgan fingerprint density at radius 3 is 2.30 bits per heavy atom. The zero-order valence-corrected chi connectivity index (χ0v) is 13.4. The minimum absolute atomic E-state index is 0.185. The number of hydrogen-bond acceptors (Lipinski definition) is 4.